The standard InChI is InChI=1S/C11H19N3/c1-3-10-13-8(2)11(14-10)9-5-4-6-12-7-9/h9,12H,3-7H2,1-2H3,(H,13,14). The molecule has 0 spiro atoms. The SMILES string of the molecule is CCc1nc(C2CCCNC2)c(C)[nH]1. The molecule has 1 aliphatic rings. The van der Waals surface area contributed by atoms with Gasteiger partial charge < -0.3 is 10.3 Å². The number of aromatic nitrogens is 2. The van der Waals surface area contributed by atoms with Crippen molar-refractivity contribution in [1.82, 2.24) is 15.3 Å². The molecule has 3 heteroatoms. The lowest BCUT2D eigenvalue weighted by Crippen LogP contribution is -2.28. The maximum Gasteiger partial charge on any atom is 0.106 e. The maximum atomic E-state index is 4.66. The Bertz CT molecular complexity index is 297. The van der Waals surface area contributed by atoms with Gasteiger partial charge >= 0.3 is 0 Å². The Morgan fingerprint density at radius 2 is 2.36 bits per heavy atom. The van der Waals surface area contributed by atoms with E-state index >= 15 is 0 Å². The third-order valence-corrected chi connectivity index (χ3v) is 2.99. The first kappa shape index (κ1) is 9.71. The molecule has 1 unspecified atom stereocenters. The largest absolute Gasteiger partial charge is 0.346 e. The third-order valence-electron chi connectivity index (χ3n) is 2.99. The fourth-order valence-electron chi connectivity index (χ4n) is 2.19. The maximum absolute atomic E-state index is 4.66. The van der Waals surface area contributed by atoms with Crippen LogP contribution in [0.4, 0.5) is 0 Å². The van der Waals surface area contributed by atoms with Crippen LogP contribution in [0.15, 0.2) is 0 Å². The highest BCUT2D eigenvalue weighted by Crippen LogP contribution is 2.24. The number of rotatable bonds is 2. The van der Waals surface area contributed by atoms with Crippen molar-refractivity contribution in [3.63, 3.8) is 0 Å². The van der Waals surface area contributed by atoms with Gasteiger partial charge in [0.1, 0.15) is 5.82 Å². The van der Waals surface area contributed by atoms with E-state index in [9.17, 15) is 0 Å². The first-order valence-corrected chi connectivity index (χ1v) is 5.57. The van der Waals surface area contributed by atoms with Gasteiger partial charge in [-0.2, -0.15) is 0 Å². The molecule has 1 atom stereocenters. The zero-order valence-corrected chi connectivity index (χ0v) is 9.06. The summed E-state index contributed by atoms with van der Waals surface area (Å²) in [5.74, 6) is 1.75. The van der Waals surface area contributed by atoms with Crippen molar-refractivity contribution >= 4 is 0 Å². The summed E-state index contributed by atoms with van der Waals surface area (Å²) in [4.78, 5) is 8.01. The second-order valence-electron chi connectivity index (χ2n) is 4.09. The first-order chi connectivity index (χ1) is 6.81. The third kappa shape index (κ3) is 1.82. The average Bonchev–Trinajstić information content (AvgIpc) is 2.61. The molecule has 2 rings (SSSR count). The van der Waals surface area contributed by atoms with Crippen LogP contribution >= 0.6 is 0 Å². The minimum atomic E-state index is 0.625. The Morgan fingerprint density at radius 3 is 2.93 bits per heavy atom. The zero-order chi connectivity index (χ0) is 9.97. The van der Waals surface area contributed by atoms with Crippen molar-refractivity contribution < 1.29 is 0 Å². The Labute approximate surface area is 85.3 Å². The van der Waals surface area contributed by atoms with Gasteiger partial charge in [-0.15, -0.1) is 0 Å². The molecule has 1 aliphatic heterocycles. The van der Waals surface area contributed by atoms with E-state index in [1.165, 1.54) is 30.8 Å². The highest BCUT2D eigenvalue weighted by molar-refractivity contribution is 5.18. The molecular weight excluding hydrogens is 174 g/mol. The van der Waals surface area contributed by atoms with Gasteiger partial charge in [-0.3, -0.25) is 0 Å². The number of hydrogen-bond acceptors (Lipinski definition) is 2. The van der Waals surface area contributed by atoms with E-state index in [1.807, 2.05) is 0 Å². The predicted molar refractivity (Wildman–Crippen MR) is 57.5 cm³/mol. The van der Waals surface area contributed by atoms with Crippen LogP contribution in [0.5, 0.6) is 0 Å². The van der Waals surface area contributed by atoms with Crippen LogP contribution in [0.2, 0.25) is 0 Å². The van der Waals surface area contributed by atoms with Crippen LogP contribution < -0.4 is 5.32 Å². The quantitative estimate of drug-likeness (QED) is 0.751. The van der Waals surface area contributed by atoms with Gasteiger partial charge in [0.2, 0.25) is 0 Å². The summed E-state index contributed by atoms with van der Waals surface area (Å²) in [7, 11) is 0. The molecule has 0 amide bonds. The normalized spacial score (nSPS) is 22.6. The molecule has 0 aromatic carbocycles. The summed E-state index contributed by atoms with van der Waals surface area (Å²) in [6, 6.07) is 0. The number of nitrogens with one attached hydrogen (secondary N) is 2. The molecule has 1 saturated heterocycles. The highest BCUT2D eigenvalue weighted by Gasteiger charge is 2.19. The number of aromatic amines is 1. The first-order valence-electron chi connectivity index (χ1n) is 5.57. The van der Waals surface area contributed by atoms with Crippen molar-refractivity contribution in [3.05, 3.63) is 17.2 Å². The van der Waals surface area contributed by atoms with Gasteiger partial charge in [-0.25, -0.2) is 4.98 Å². The minimum absolute atomic E-state index is 0.625. The second-order valence-corrected chi connectivity index (χ2v) is 4.09. The topological polar surface area (TPSA) is 40.7 Å². The van der Waals surface area contributed by atoms with E-state index in [1.54, 1.807) is 0 Å². The molecule has 0 saturated carbocycles. The number of piperidine rings is 1. The summed E-state index contributed by atoms with van der Waals surface area (Å²) < 4.78 is 0. The number of nitrogens with zero attached hydrogens (tertiary/aromatic N) is 1. The lowest BCUT2D eigenvalue weighted by molar-refractivity contribution is 0.454. The highest BCUT2D eigenvalue weighted by atomic mass is 15.0. The Morgan fingerprint density at radius 1 is 1.50 bits per heavy atom. The number of imidazole rings is 1. The van der Waals surface area contributed by atoms with Crippen LogP contribution in [0.3, 0.4) is 0 Å². The van der Waals surface area contributed by atoms with E-state index in [2.05, 4.69) is 29.1 Å². The summed E-state index contributed by atoms with van der Waals surface area (Å²) >= 11 is 0. The Kier molecular flexibility index (Phi) is 2.87. The molecule has 2 N–H and O–H groups in total. The lowest BCUT2D eigenvalue weighted by Gasteiger charge is -2.21. The van der Waals surface area contributed by atoms with Gasteiger partial charge in [0.25, 0.3) is 0 Å². The smallest absolute Gasteiger partial charge is 0.106 e. The van der Waals surface area contributed by atoms with Crippen LogP contribution in [0, 0.1) is 6.92 Å². The van der Waals surface area contributed by atoms with Gasteiger partial charge in [-0.1, -0.05) is 6.92 Å². The minimum Gasteiger partial charge on any atom is -0.346 e. The summed E-state index contributed by atoms with van der Waals surface area (Å²) in [5.41, 5.74) is 2.55. The van der Waals surface area contributed by atoms with Crippen LogP contribution in [-0.2, 0) is 6.42 Å². The monoisotopic (exact) mass is 193 g/mol. The number of aryl methyl sites for hydroxylation is 2. The fraction of sp³-hybridized carbons (Fsp3) is 0.727. The van der Waals surface area contributed by atoms with Crippen molar-refractivity contribution in [2.45, 2.75) is 39.0 Å². The lowest BCUT2D eigenvalue weighted by atomic mass is 9.95. The molecule has 3 nitrogen and oxygen atoms in total. The number of hydrogen-bond donors (Lipinski definition) is 2. The molecule has 14 heavy (non-hydrogen) atoms. The van der Waals surface area contributed by atoms with Gasteiger partial charge in [-0.05, 0) is 26.3 Å². The summed E-state index contributed by atoms with van der Waals surface area (Å²) in [6.07, 6.45) is 3.56. The average molecular weight is 193 g/mol. The summed E-state index contributed by atoms with van der Waals surface area (Å²) in [5, 5.41) is 3.43. The second kappa shape index (κ2) is 4.13. The summed E-state index contributed by atoms with van der Waals surface area (Å²) in [6.45, 7) is 6.53. The van der Waals surface area contributed by atoms with Crippen molar-refractivity contribution in [3.8, 4) is 0 Å². The van der Waals surface area contributed by atoms with Crippen LogP contribution in [0.25, 0.3) is 0 Å². The van der Waals surface area contributed by atoms with Gasteiger partial charge in [0.15, 0.2) is 0 Å². The van der Waals surface area contributed by atoms with Crippen LogP contribution in [-0.4, -0.2) is 23.1 Å². The molecule has 0 aliphatic carbocycles. The van der Waals surface area contributed by atoms with Gasteiger partial charge in [0, 0.05) is 24.6 Å². The van der Waals surface area contributed by atoms with E-state index in [0.717, 1.165) is 18.8 Å². The predicted octanol–water partition coefficient (Wildman–Crippen LogP) is 1.75. The molecule has 1 fully saturated rings. The Hall–Kier alpha value is -0.830. The van der Waals surface area contributed by atoms with Gasteiger partial charge in [0.05, 0.1) is 5.69 Å². The van der Waals surface area contributed by atoms with E-state index < -0.39 is 0 Å². The molecule has 0 bridgehead atoms. The molecule has 0 radical (unpaired) electrons. The Balaban J connectivity index is 2.17. The molecule has 78 valence electrons. The molecule has 1 aromatic heterocycles. The fourth-order valence-corrected chi connectivity index (χ4v) is 2.19. The van der Waals surface area contributed by atoms with Crippen LogP contribution in [0.1, 0.15) is 42.9 Å². The zero-order valence-electron chi connectivity index (χ0n) is 9.06. The van der Waals surface area contributed by atoms with Crippen molar-refractivity contribution in [2.75, 3.05) is 13.1 Å². The van der Waals surface area contributed by atoms with Crippen molar-refractivity contribution in [1.29, 1.82) is 0 Å². The van der Waals surface area contributed by atoms with E-state index in [0.29, 0.717) is 5.92 Å². The van der Waals surface area contributed by atoms with E-state index in [-0.39, 0.29) is 0 Å². The number of H-pyrrole nitrogens is 1. The molecular formula is C11H19N3. The molecule has 2 heterocycles. The van der Waals surface area contributed by atoms with Crippen molar-refractivity contribution in [2.24, 2.45) is 0 Å². The van der Waals surface area contributed by atoms with E-state index in [4.69, 9.17) is 0 Å². The molecule has 1 aromatic rings.